The van der Waals surface area contributed by atoms with E-state index in [9.17, 15) is 9.59 Å². The summed E-state index contributed by atoms with van der Waals surface area (Å²) in [6.45, 7) is 5.92. The molecule has 2 N–H and O–H groups in total. The maximum absolute atomic E-state index is 13.1. The molecule has 0 bridgehead atoms. The lowest BCUT2D eigenvalue weighted by Crippen LogP contribution is -2.39. The normalized spacial score (nSPS) is 17.2. The highest BCUT2D eigenvalue weighted by atomic mass is 32.2. The van der Waals surface area contributed by atoms with Crippen LogP contribution in [0.15, 0.2) is 84.9 Å². The Morgan fingerprint density at radius 3 is 1.48 bits per heavy atom. The number of thioether (sulfide) groups is 2. The van der Waals surface area contributed by atoms with Crippen LogP contribution in [0.4, 0.5) is 11.4 Å². The van der Waals surface area contributed by atoms with Crippen LogP contribution in [-0.4, -0.2) is 110 Å². The summed E-state index contributed by atoms with van der Waals surface area (Å²) in [5.74, 6) is 3.62. The molecule has 2 amide bonds. The molecule has 4 aromatic carbocycles. The fraction of sp³-hybridized carbons (Fsp3) is 0.389. The van der Waals surface area contributed by atoms with E-state index in [0.717, 1.165) is 82.2 Å². The molecule has 8 nitrogen and oxygen atoms in total. The Bertz CT molecular complexity index is 1430. The van der Waals surface area contributed by atoms with Crippen LogP contribution in [-0.2, 0) is 19.1 Å². The molecule has 0 aliphatic carbocycles. The van der Waals surface area contributed by atoms with Gasteiger partial charge in [0.1, 0.15) is 0 Å². The van der Waals surface area contributed by atoms with Gasteiger partial charge in [0.05, 0.1) is 39.5 Å². The third-order valence-electron chi connectivity index (χ3n) is 7.81. The molecule has 5 rings (SSSR count). The van der Waals surface area contributed by atoms with Gasteiger partial charge in [-0.25, -0.2) is 0 Å². The molecule has 0 saturated carbocycles. The molecular formula is C36H44N4O4S2. The second kappa shape index (κ2) is 18.9. The third-order valence-corrected chi connectivity index (χ3v) is 9.67. The van der Waals surface area contributed by atoms with Crippen LogP contribution >= 0.6 is 23.5 Å². The summed E-state index contributed by atoms with van der Waals surface area (Å²) in [5.41, 5.74) is 1.66. The van der Waals surface area contributed by atoms with E-state index in [1.807, 2.05) is 84.2 Å². The van der Waals surface area contributed by atoms with Gasteiger partial charge in [-0.1, -0.05) is 72.8 Å². The summed E-state index contributed by atoms with van der Waals surface area (Å²) < 4.78 is 11.9. The molecule has 46 heavy (non-hydrogen) atoms. The smallest absolute Gasteiger partial charge is 0.238 e. The number of hydrogen-bond donors (Lipinski definition) is 2. The number of amides is 2. The fourth-order valence-corrected chi connectivity index (χ4v) is 7.07. The van der Waals surface area contributed by atoms with Crippen molar-refractivity contribution in [3.05, 3.63) is 84.9 Å². The first-order valence-electron chi connectivity index (χ1n) is 16.0. The van der Waals surface area contributed by atoms with Gasteiger partial charge in [0, 0.05) is 71.3 Å². The van der Waals surface area contributed by atoms with E-state index < -0.39 is 0 Å². The van der Waals surface area contributed by atoms with E-state index >= 15 is 0 Å². The molecule has 10 heteroatoms. The summed E-state index contributed by atoms with van der Waals surface area (Å²) in [6, 6.07) is 28.1. The second-order valence-corrected chi connectivity index (χ2v) is 13.6. The van der Waals surface area contributed by atoms with Crippen molar-refractivity contribution in [3.8, 4) is 0 Å². The average molecular weight is 661 g/mol. The van der Waals surface area contributed by atoms with E-state index in [4.69, 9.17) is 9.47 Å². The first kappa shape index (κ1) is 34.2. The molecule has 0 aromatic heterocycles. The SMILES string of the molecule is O=C(CN1CCOCCN(CC(=O)Nc2cccc3ccccc23)CCSCCOCCSCC1)Nc1cccc2ccccc12. The average Bonchev–Trinajstić information content (AvgIpc) is 3.06. The van der Waals surface area contributed by atoms with Crippen molar-refractivity contribution in [2.45, 2.75) is 0 Å². The van der Waals surface area contributed by atoms with Crippen LogP contribution in [0.5, 0.6) is 0 Å². The first-order valence-corrected chi connectivity index (χ1v) is 18.3. The zero-order valence-electron chi connectivity index (χ0n) is 26.3. The van der Waals surface area contributed by atoms with Gasteiger partial charge in [0.2, 0.25) is 11.8 Å². The maximum atomic E-state index is 13.1. The van der Waals surface area contributed by atoms with Crippen molar-refractivity contribution in [2.75, 3.05) is 99.3 Å². The van der Waals surface area contributed by atoms with Crippen molar-refractivity contribution >= 4 is 68.3 Å². The number of hydrogen-bond acceptors (Lipinski definition) is 8. The van der Waals surface area contributed by atoms with E-state index in [2.05, 4.69) is 44.7 Å². The Kier molecular flexibility index (Phi) is 14.0. The lowest BCUT2D eigenvalue weighted by Gasteiger charge is -2.24. The highest BCUT2D eigenvalue weighted by Crippen LogP contribution is 2.24. The van der Waals surface area contributed by atoms with Crippen LogP contribution < -0.4 is 10.6 Å². The van der Waals surface area contributed by atoms with Crippen LogP contribution in [0.25, 0.3) is 21.5 Å². The standard InChI is InChI=1S/C36H44N4O4S2/c41-35(37-33-13-5-9-29-7-1-3-11-31(29)33)27-39-15-19-43-20-16-40(18-24-46-26-22-44-21-25-45-23-17-39)28-36(42)38-34-14-6-10-30-8-2-4-12-32(30)34/h1-14H,15-28H2,(H,37,41)(H,38,42). The molecule has 4 aromatic rings. The molecule has 0 atom stereocenters. The van der Waals surface area contributed by atoms with Crippen molar-refractivity contribution in [1.29, 1.82) is 0 Å². The predicted octanol–water partition coefficient (Wildman–Crippen LogP) is 5.69. The van der Waals surface area contributed by atoms with E-state index in [1.165, 1.54) is 0 Å². The second-order valence-electron chi connectivity index (χ2n) is 11.2. The minimum Gasteiger partial charge on any atom is -0.380 e. The quantitative estimate of drug-likeness (QED) is 0.273. The maximum Gasteiger partial charge on any atom is 0.238 e. The van der Waals surface area contributed by atoms with Crippen molar-refractivity contribution < 1.29 is 19.1 Å². The molecule has 1 aliphatic rings. The zero-order chi connectivity index (χ0) is 31.8. The van der Waals surface area contributed by atoms with Gasteiger partial charge in [0.25, 0.3) is 0 Å². The van der Waals surface area contributed by atoms with Crippen LogP contribution in [0, 0.1) is 0 Å². The van der Waals surface area contributed by atoms with Gasteiger partial charge >= 0.3 is 0 Å². The number of fused-ring (bicyclic) bond motifs is 2. The van der Waals surface area contributed by atoms with Gasteiger partial charge in [-0.2, -0.15) is 23.5 Å². The number of carbonyl (C=O) groups excluding carboxylic acids is 2. The Hall–Kier alpha value is -3.12. The van der Waals surface area contributed by atoms with Gasteiger partial charge in [-0.15, -0.1) is 0 Å². The summed E-state index contributed by atoms with van der Waals surface area (Å²) in [4.78, 5) is 30.6. The van der Waals surface area contributed by atoms with Crippen molar-refractivity contribution in [3.63, 3.8) is 0 Å². The highest BCUT2D eigenvalue weighted by Gasteiger charge is 2.15. The van der Waals surface area contributed by atoms with E-state index in [1.54, 1.807) is 0 Å². The number of rotatable bonds is 6. The van der Waals surface area contributed by atoms with Crippen molar-refractivity contribution in [1.82, 2.24) is 9.80 Å². The molecule has 1 aliphatic heterocycles. The van der Waals surface area contributed by atoms with Crippen molar-refractivity contribution in [2.24, 2.45) is 0 Å². The fourth-order valence-electron chi connectivity index (χ4n) is 5.41. The summed E-state index contributed by atoms with van der Waals surface area (Å²) in [7, 11) is 0. The van der Waals surface area contributed by atoms with E-state index in [-0.39, 0.29) is 11.8 Å². The number of ether oxygens (including phenoxy) is 2. The van der Waals surface area contributed by atoms with Gasteiger partial charge in [0.15, 0.2) is 0 Å². The van der Waals surface area contributed by atoms with Gasteiger partial charge in [-0.3, -0.25) is 19.4 Å². The number of nitrogens with zero attached hydrogens (tertiary/aromatic N) is 2. The molecule has 1 heterocycles. The molecule has 0 unspecified atom stereocenters. The summed E-state index contributed by atoms with van der Waals surface area (Å²) in [6.07, 6.45) is 0. The third kappa shape index (κ3) is 11.0. The molecule has 1 fully saturated rings. The van der Waals surface area contributed by atoms with Gasteiger partial charge in [-0.05, 0) is 22.9 Å². The van der Waals surface area contributed by atoms with Crippen LogP contribution in [0.2, 0.25) is 0 Å². The van der Waals surface area contributed by atoms with Gasteiger partial charge < -0.3 is 20.1 Å². The van der Waals surface area contributed by atoms with Crippen LogP contribution in [0.3, 0.4) is 0 Å². The lowest BCUT2D eigenvalue weighted by molar-refractivity contribution is -0.118. The highest BCUT2D eigenvalue weighted by molar-refractivity contribution is 7.99. The molecular weight excluding hydrogens is 617 g/mol. The summed E-state index contributed by atoms with van der Waals surface area (Å²) in [5, 5.41) is 10.5. The minimum absolute atomic E-state index is 0.0345. The number of benzene rings is 4. The molecule has 244 valence electrons. The van der Waals surface area contributed by atoms with Crippen LogP contribution in [0.1, 0.15) is 0 Å². The lowest BCUT2D eigenvalue weighted by atomic mass is 10.1. The molecule has 0 radical (unpaired) electrons. The number of nitrogens with one attached hydrogen (secondary N) is 2. The zero-order valence-corrected chi connectivity index (χ0v) is 28.0. The molecule has 1 saturated heterocycles. The topological polar surface area (TPSA) is 83.1 Å². The molecule has 0 spiro atoms. The largest absolute Gasteiger partial charge is 0.380 e. The first-order chi connectivity index (χ1) is 22.7. The Morgan fingerprint density at radius 2 is 0.978 bits per heavy atom. The monoisotopic (exact) mass is 660 g/mol. The van der Waals surface area contributed by atoms with E-state index in [0.29, 0.717) is 39.4 Å². The summed E-state index contributed by atoms with van der Waals surface area (Å²) >= 11 is 3.70. The number of carbonyl (C=O) groups is 2. The Morgan fingerprint density at radius 1 is 0.543 bits per heavy atom. The predicted molar refractivity (Wildman–Crippen MR) is 194 cm³/mol. The Balaban J connectivity index is 1.14. The Labute approximate surface area is 280 Å². The minimum atomic E-state index is -0.0345. The number of anilines is 2.